The molecule has 1 atom stereocenters. The van der Waals surface area contributed by atoms with Crippen molar-refractivity contribution in [2.45, 2.75) is 18.7 Å². The maximum absolute atomic E-state index is 14.4. The van der Waals surface area contributed by atoms with Gasteiger partial charge < -0.3 is 14.2 Å². The van der Waals surface area contributed by atoms with E-state index >= 15 is 0 Å². The van der Waals surface area contributed by atoms with Gasteiger partial charge in [-0.25, -0.2) is 8.78 Å². The summed E-state index contributed by atoms with van der Waals surface area (Å²) in [6.45, 7) is 0.599. The molecule has 31 heavy (non-hydrogen) atoms. The minimum Gasteiger partial charge on any atom is -0.488 e. The molecule has 0 unspecified atom stereocenters. The smallest absolute Gasteiger partial charge is 0.471 e. The zero-order valence-corrected chi connectivity index (χ0v) is 15.7. The van der Waals surface area contributed by atoms with E-state index in [1.165, 1.54) is 35.2 Å². The van der Waals surface area contributed by atoms with Crippen LogP contribution in [0.2, 0.25) is 0 Å². The number of halogens is 5. The van der Waals surface area contributed by atoms with Crippen LogP contribution in [0.15, 0.2) is 47.0 Å². The van der Waals surface area contributed by atoms with E-state index in [4.69, 9.17) is 4.74 Å². The Morgan fingerprint density at radius 2 is 1.97 bits per heavy atom. The van der Waals surface area contributed by atoms with Crippen molar-refractivity contribution < 1.29 is 36.0 Å². The first kappa shape index (κ1) is 20.8. The lowest BCUT2D eigenvalue weighted by Gasteiger charge is -2.17. The van der Waals surface area contributed by atoms with Crippen LogP contribution in [0.3, 0.4) is 0 Å². The molecule has 0 spiro atoms. The standard InChI is InChI=1S/C20H14F5N3O3/c21-12-3-1-2-11(8-12)18(29)28-7-6-14(10-28)30-13-4-5-15(16(22)9-13)17-26-19(31-27-17)20(23,24)25/h1-5,8-9,14H,6-7,10H2/t14-/m1/s1. The van der Waals surface area contributed by atoms with Crippen molar-refractivity contribution in [3.63, 3.8) is 0 Å². The molecule has 1 amide bonds. The molecular weight excluding hydrogens is 425 g/mol. The number of alkyl halides is 3. The molecule has 2 heterocycles. The second-order valence-electron chi connectivity index (χ2n) is 6.85. The van der Waals surface area contributed by atoms with Gasteiger partial charge >= 0.3 is 12.1 Å². The number of aromatic nitrogens is 2. The highest BCUT2D eigenvalue weighted by atomic mass is 19.4. The van der Waals surface area contributed by atoms with Gasteiger partial charge in [0.2, 0.25) is 5.82 Å². The lowest BCUT2D eigenvalue weighted by molar-refractivity contribution is -0.159. The number of benzene rings is 2. The number of carbonyl (C=O) groups excluding carboxylic acids is 1. The first-order chi connectivity index (χ1) is 14.7. The highest BCUT2D eigenvalue weighted by Gasteiger charge is 2.38. The lowest BCUT2D eigenvalue weighted by Crippen LogP contribution is -2.31. The van der Waals surface area contributed by atoms with E-state index in [9.17, 15) is 26.7 Å². The molecule has 1 aromatic heterocycles. The molecule has 1 saturated heterocycles. The normalized spacial score (nSPS) is 16.5. The van der Waals surface area contributed by atoms with Gasteiger partial charge in [0.05, 0.1) is 12.1 Å². The topological polar surface area (TPSA) is 68.5 Å². The predicted octanol–water partition coefficient (Wildman–Crippen LogP) is 4.33. The van der Waals surface area contributed by atoms with Gasteiger partial charge in [0, 0.05) is 24.6 Å². The van der Waals surface area contributed by atoms with Gasteiger partial charge in [-0.15, -0.1) is 0 Å². The second-order valence-corrected chi connectivity index (χ2v) is 6.85. The van der Waals surface area contributed by atoms with Crippen molar-refractivity contribution in [3.05, 3.63) is 65.6 Å². The zero-order chi connectivity index (χ0) is 22.2. The Morgan fingerprint density at radius 3 is 2.65 bits per heavy atom. The largest absolute Gasteiger partial charge is 0.488 e. The van der Waals surface area contributed by atoms with Crippen molar-refractivity contribution in [2.24, 2.45) is 0 Å². The van der Waals surface area contributed by atoms with E-state index in [1.54, 1.807) is 0 Å². The zero-order valence-electron chi connectivity index (χ0n) is 15.7. The molecular formula is C20H14F5N3O3. The molecule has 4 rings (SSSR count). The molecule has 1 aliphatic heterocycles. The third-order valence-electron chi connectivity index (χ3n) is 4.66. The van der Waals surface area contributed by atoms with E-state index in [2.05, 4.69) is 14.7 Å². The average molecular weight is 439 g/mol. The Labute approximate surface area is 172 Å². The van der Waals surface area contributed by atoms with Crippen molar-refractivity contribution >= 4 is 5.91 Å². The SMILES string of the molecule is O=C(c1cccc(F)c1)N1CC[C@@H](Oc2ccc(-c3noc(C(F)(F)F)n3)c(F)c2)C1. The van der Waals surface area contributed by atoms with Crippen LogP contribution in [0.25, 0.3) is 11.4 Å². The van der Waals surface area contributed by atoms with Crippen molar-refractivity contribution in [1.29, 1.82) is 0 Å². The van der Waals surface area contributed by atoms with Gasteiger partial charge in [0.15, 0.2) is 0 Å². The summed E-state index contributed by atoms with van der Waals surface area (Å²) in [6.07, 6.45) is -4.78. The molecule has 11 heteroatoms. The first-order valence-corrected chi connectivity index (χ1v) is 9.13. The van der Waals surface area contributed by atoms with Crippen LogP contribution in [-0.4, -0.2) is 40.1 Å². The fourth-order valence-corrected chi connectivity index (χ4v) is 3.20. The number of amides is 1. The molecule has 162 valence electrons. The molecule has 6 nitrogen and oxygen atoms in total. The summed E-state index contributed by atoms with van der Waals surface area (Å²) in [6, 6.07) is 8.87. The summed E-state index contributed by atoms with van der Waals surface area (Å²) in [5.74, 6) is -3.73. The van der Waals surface area contributed by atoms with Crippen LogP contribution in [-0.2, 0) is 6.18 Å². The summed E-state index contributed by atoms with van der Waals surface area (Å²) in [5.41, 5.74) is -0.0599. The highest BCUT2D eigenvalue weighted by molar-refractivity contribution is 5.94. The minimum atomic E-state index is -4.83. The van der Waals surface area contributed by atoms with E-state index in [0.29, 0.717) is 13.0 Å². The Bertz CT molecular complexity index is 1120. The average Bonchev–Trinajstić information content (AvgIpc) is 3.37. The fraction of sp³-hybridized carbons (Fsp3) is 0.250. The van der Waals surface area contributed by atoms with Crippen LogP contribution >= 0.6 is 0 Å². The van der Waals surface area contributed by atoms with Gasteiger partial charge in [-0.1, -0.05) is 11.2 Å². The molecule has 0 saturated carbocycles. The quantitative estimate of drug-likeness (QED) is 0.567. The Kier molecular flexibility index (Phi) is 5.34. The molecule has 1 fully saturated rings. The third-order valence-corrected chi connectivity index (χ3v) is 4.66. The minimum absolute atomic E-state index is 0.130. The summed E-state index contributed by atoms with van der Waals surface area (Å²) < 4.78 is 75.2. The number of rotatable bonds is 4. The molecule has 1 aliphatic rings. The molecule has 0 bridgehead atoms. The molecule has 2 aromatic carbocycles. The molecule has 3 aromatic rings. The second kappa shape index (κ2) is 7.97. The Balaban J connectivity index is 1.42. The molecule has 0 aliphatic carbocycles. The van der Waals surface area contributed by atoms with Crippen molar-refractivity contribution in [3.8, 4) is 17.1 Å². The molecule has 0 radical (unpaired) electrons. The van der Waals surface area contributed by atoms with Crippen molar-refractivity contribution in [1.82, 2.24) is 15.0 Å². The highest BCUT2D eigenvalue weighted by Crippen LogP contribution is 2.31. The number of hydrogen-bond acceptors (Lipinski definition) is 5. The summed E-state index contributed by atoms with van der Waals surface area (Å²) >= 11 is 0. The van der Waals surface area contributed by atoms with Gasteiger partial charge in [-0.3, -0.25) is 4.79 Å². The maximum Gasteiger partial charge on any atom is 0.471 e. The van der Waals surface area contributed by atoms with Gasteiger partial charge in [-0.05, 0) is 30.3 Å². The predicted molar refractivity (Wildman–Crippen MR) is 96.0 cm³/mol. The lowest BCUT2D eigenvalue weighted by atomic mass is 10.2. The molecule has 0 N–H and O–H groups in total. The van der Waals surface area contributed by atoms with E-state index in [-0.39, 0.29) is 29.3 Å². The van der Waals surface area contributed by atoms with Crippen LogP contribution in [0, 0.1) is 11.6 Å². The summed E-state index contributed by atoms with van der Waals surface area (Å²) in [4.78, 5) is 17.1. The summed E-state index contributed by atoms with van der Waals surface area (Å²) in [5, 5.41) is 3.15. The van der Waals surface area contributed by atoms with Gasteiger partial charge in [0.25, 0.3) is 5.91 Å². The Hall–Kier alpha value is -3.50. The van der Waals surface area contributed by atoms with Gasteiger partial charge in [0.1, 0.15) is 23.5 Å². The fourth-order valence-electron chi connectivity index (χ4n) is 3.20. The van der Waals surface area contributed by atoms with Crippen LogP contribution < -0.4 is 4.74 Å². The number of carbonyl (C=O) groups is 1. The van der Waals surface area contributed by atoms with Crippen LogP contribution in [0.1, 0.15) is 22.7 Å². The van der Waals surface area contributed by atoms with E-state index in [1.807, 2.05) is 0 Å². The van der Waals surface area contributed by atoms with E-state index < -0.39 is 35.6 Å². The Morgan fingerprint density at radius 1 is 1.16 bits per heavy atom. The number of likely N-dealkylation sites (tertiary alicyclic amines) is 1. The summed E-state index contributed by atoms with van der Waals surface area (Å²) in [7, 11) is 0. The number of ether oxygens (including phenoxy) is 1. The maximum atomic E-state index is 14.4. The first-order valence-electron chi connectivity index (χ1n) is 9.13. The van der Waals surface area contributed by atoms with Crippen LogP contribution in [0.5, 0.6) is 5.75 Å². The van der Waals surface area contributed by atoms with Crippen LogP contribution in [0.4, 0.5) is 22.0 Å². The van der Waals surface area contributed by atoms with E-state index in [0.717, 1.165) is 12.1 Å². The number of nitrogens with zero attached hydrogens (tertiary/aromatic N) is 3. The van der Waals surface area contributed by atoms with Gasteiger partial charge in [-0.2, -0.15) is 18.2 Å². The van der Waals surface area contributed by atoms with Crippen molar-refractivity contribution in [2.75, 3.05) is 13.1 Å². The monoisotopic (exact) mass is 439 g/mol. The number of hydrogen-bond donors (Lipinski definition) is 0. The third kappa shape index (κ3) is 4.49.